The van der Waals surface area contributed by atoms with Crippen LogP contribution in [0.2, 0.25) is 0 Å². The molecule has 1 N–H and O–H groups in total. The third-order valence-corrected chi connectivity index (χ3v) is 4.69. The molecule has 4 heteroatoms. The summed E-state index contributed by atoms with van der Waals surface area (Å²) in [5.74, 6) is 0.822. The van der Waals surface area contributed by atoms with Crippen LogP contribution in [0.1, 0.15) is 37.4 Å². The molecule has 0 spiro atoms. The second-order valence-corrected chi connectivity index (χ2v) is 6.07. The maximum absolute atomic E-state index is 4.67. The summed E-state index contributed by atoms with van der Waals surface area (Å²) in [4.78, 5) is 7.20. The molecular weight excluding hydrogens is 242 g/mol. The zero-order valence-electron chi connectivity index (χ0n) is 11.6. The van der Waals surface area contributed by atoms with E-state index < -0.39 is 0 Å². The fourth-order valence-corrected chi connectivity index (χ4v) is 3.30. The first kappa shape index (κ1) is 14.0. The van der Waals surface area contributed by atoms with Crippen molar-refractivity contribution in [2.45, 2.75) is 39.7 Å². The fourth-order valence-electron chi connectivity index (χ4n) is 2.56. The van der Waals surface area contributed by atoms with Crippen LogP contribution < -0.4 is 5.32 Å². The van der Waals surface area contributed by atoms with E-state index in [1.54, 1.807) is 11.3 Å². The minimum absolute atomic E-state index is 0.822. The van der Waals surface area contributed by atoms with Gasteiger partial charge in [0.25, 0.3) is 0 Å². The summed E-state index contributed by atoms with van der Waals surface area (Å²) in [6.45, 7) is 10.2. The Morgan fingerprint density at radius 3 is 3.00 bits per heavy atom. The molecule has 0 bridgehead atoms. The third-order valence-electron chi connectivity index (χ3n) is 3.65. The highest BCUT2D eigenvalue weighted by atomic mass is 32.1. The summed E-state index contributed by atoms with van der Waals surface area (Å²) in [7, 11) is 0. The van der Waals surface area contributed by atoms with Gasteiger partial charge in [-0.05, 0) is 44.8 Å². The molecule has 1 atom stereocenters. The normalized spacial score (nSPS) is 20.5. The van der Waals surface area contributed by atoms with Crippen LogP contribution >= 0.6 is 11.3 Å². The van der Waals surface area contributed by atoms with Crippen molar-refractivity contribution in [2.24, 2.45) is 5.92 Å². The predicted molar refractivity (Wildman–Crippen MR) is 78.0 cm³/mol. The zero-order valence-corrected chi connectivity index (χ0v) is 12.4. The molecule has 2 heterocycles. The van der Waals surface area contributed by atoms with E-state index in [0.29, 0.717) is 0 Å². The molecule has 1 aromatic heterocycles. The van der Waals surface area contributed by atoms with Gasteiger partial charge in [-0.1, -0.05) is 13.8 Å². The number of aromatic nitrogens is 1. The fraction of sp³-hybridized carbons (Fsp3) is 0.786. The lowest BCUT2D eigenvalue weighted by atomic mass is 9.99. The Morgan fingerprint density at radius 2 is 2.39 bits per heavy atom. The maximum atomic E-state index is 4.67. The third kappa shape index (κ3) is 4.04. The molecule has 2 rings (SSSR count). The van der Waals surface area contributed by atoms with Crippen molar-refractivity contribution in [3.05, 3.63) is 16.1 Å². The maximum Gasteiger partial charge on any atom is 0.0926 e. The van der Waals surface area contributed by atoms with Gasteiger partial charge in [0, 0.05) is 18.5 Å². The summed E-state index contributed by atoms with van der Waals surface area (Å²) in [6, 6.07) is 0. The van der Waals surface area contributed by atoms with Gasteiger partial charge in [0.2, 0.25) is 0 Å². The van der Waals surface area contributed by atoms with E-state index >= 15 is 0 Å². The SMILES string of the molecule is CCc1nc(CN(CC)CC2CCCNC2)cs1. The van der Waals surface area contributed by atoms with Gasteiger partial charge in [0.05, 0.1) is 10.7 Å². The van der Waals surface area contributed by atoms with Gasteiger partial charge in [-0.2, -0.15) is 0 Å². The Morgan fingerprint density at radius 1 is 1.50 bits per heavy atom. The molecule has 3 nitrogen and oxygen atoms in total. The number of hydrogen-bond acceptors (Lipinski definition) is 4. The number of thiazole rings is 1. The monoisotopic (exact) mass is 267 g/mol. The molecule has 102 valence electrons. The summed E-state index contributed by atoms with van der Waals surface area (Å²) < 4.78 is 0. The van der Waals surface area contributed by atoms with Crippen molar-refractivity contribution in [2.75, 3.05) is 26.2 Å². The van der Waals surface area contributed by atoms with Gasteiger partial charge in [-0.25, -0.2) is 4.98 Å². The first-order chi connectivity index (χ1) is 8.81. The van der Waals surface area contributed by atoms with Crippen LogP contribution in [0, 0.1) is 5.92 Å². The molecule has 1 aromatic rings. The topological polar surface area (TPSA) is 28.2 Å². The lowest BCUT2D eigenvalue weighted by Crippen LogP contribution is -2.38. The minimum Gasteiger partial charge on any atom is -0.316 e. The van der Waals surface area contributed by atoms with Gasteiger partial charge in [-0.3, -0.25) is 4.90 Å². The van der Waals surface area contributed by atoms with Crippen molar-refractivity contribution >= 4 is 11.3 Å². The van der Waals surface area contributed by atoms with Gasteiger partial charge in [0.1, 0.15) is 0 Å². The lowest BCUT2D eigenvalue weighted by Gasteiger charge is -2.28. The van der Waals surface area contributed by atoms with E-state index in [0.717, 1.165) is 25.4 Å². The van der Waals surface area contributed by atoms with Gasteiger partial charge >= 0.3 is 0 Å². The Balaban J connectivity index is 1.84. The van der Waals surface area contributed by atoms with Gasteiger partial charge < -0.3 is 5.32 Å². The van der Waals surface area contributed by atoms with Crippen LogP contribution in [0.3, 0.4) is 0 Å². The highest BCUT2D eigenvalue weighted by Crippen LogP contribution is 2.15. The van der Waals surface area contributed by atoms with Crippen LogP contribution in [0.4, 0.5) is 0 Å². The first-order valence-electron chi connectivity index (χ1n) is 7.18. The van der Waals surface area contributed by atoms with E-state index in [1.807, 2.05) is 0 Å². The average molecular weight is 267 g/mol. The summed E-state index contributed by atoms with van der Waals surface area (Å²) in [5.41, 5.74) is 1.25. The number of nitrogens with one attached hydrogen (secondary N) is 1. The second-order valence-electron chi connectivity index (χ2n) is 5.13. The first-order valence-corrected chi connectivity index (χ1v) is 8.06. The van der Waals surface area contributed by atoms with Crippen LogP contribution in [0.5, 0.6) is 0 Å². The number of piperidine rings is 1. The molecule has 0 amide bonds. The van der Waals surface area contributed by atoms with Crippen molar-refractivity contribution in [3.63, 3.8) is 0 Å². The Kier molecular flexibility index (Phi) is 5.60. The lowest BCUT2D eigenvalue weighted by molar-refractivity contribution is 0.208. The van der Waals surface area contributed by atoms with Crippen LogP contribution in [-0.2, 0) is 13.0 Å². The molecular formula is C14H25N3S. The van der Waals surface area contributed by atoms with Gasteiger partial charge in [0.15, 0.2) is 0 Å². The molecule has 18 heavy (non-hydrogen) atoms. The van der Waals surface area contributed by atoms with Gasteiger partial charge in [-0.15, -0.1) is 11.3 Å². The highest BCUT2D eigenvalue weighted by molar-refractivity contribution is 7.09. The Bertz CT molecular complexity index is 345. The van der Waals surface area contributed by atoms with Crippen molar-refractivity contribution < 1.29 is 0 Å². The van der Waals surface area contributed by atoms with Crippen LogP contribution in [0.25, 0.3) is 0 Å². The smallest absolute Gasteiger partial charge is 0.0926 e. The standard InChI is InChI=1S/C14H25N3S/c1-3-14-16-13(11-18-14)10-17(4-2)9-12-6-5-7-15-8-12/h11-12,15H,3-10H2,1-2H3. The summed E-state index contributed by atoms with van der Waals surface area (Å²) in [5, 5.41) is 6.99. The Hall–Kier alpha value is -0.450. The molecule has 1 aliphatic heterocycles. The largest absolute Gasteiger partial charge is 0.316 e. The van der Waals surface area contributed by atoms with Crippen molar-refractivity contribution in [1.82, 2.24) is 15.2 Å². The van der Waals surface area contributed by atoms with E-state index in [2.05, 4.69) is 34.4 Å². The quantitative estimate of drug-likeness (QED) is 0.858. The van der Waals surface area contributed by atoms with E-state index in [9.17, 15) is 0 Å². The van der Waals surface area contributed by atoms with Crippen molar-refractivity contribution in [1.29, 1.82) is 0 Å². The van der Waals surface area contributed by atoms with Crippen LogP contribution in [-0.4, -0.2) is 36.1 Å². The summed E-state index contributed by atoms with van der Waals surface area (Å²) in [6.07, 6.45) is 3.77. The second kappa shape index (κ2) is 7.22. The number of rotatable bonds is 6. The molecule has 1 unspecified atom stereocenters. The summed E-state index contributed by atoms with van der Waals surface area (Å²) >= 11 is 1.80. The molecule has 0 radical (unpaired) electrons. The molecule has 0 saturated carbocycles. The number of nitrogens with zero attached hydrogens (tertiary/aromatic N) is 2. The van der Waals surface area contributed by atoms with E-state index in [1.165, 1.54) is 43.2 Å². The predicted octanol–water partition coefficient (Wildman–Crippen LogP) is 2.53. The van der Waals surface area contributed by atoms with Crippen molar-refractivity contribution in [3.8, 4) is 0 Å². The molecule has 1 saturated heterocycles. The number of hydrogen-bond donors (Lipinski definition) is 1. The highest BCUT2D eigenvalue weighted by Gasteiger charge is 2.16. The van der Waals surface area contributed by atoms with Crippen LogP contribution in [0.15, 0.2) is 5.38 Å². The van der Waals surface area contributed by atoms with E-state index in [4.69, 9.17) is 0 Å². The Labute approximate surface area is 115 Å². The van der Waals surface area contributed by atoms with E-state index in [-0.39, 0.29) is 0 Å². The zero-order chi connectivity index (χ0) is 12.8. The molecule has 0 aromatic carbocycles. The molecule has 0 aliphatic carbocycles. The molecule has 1 aliphatic rings. The number of aryl methyl sites for hydroxylation is 1. The average Bonchev–Trinajstić information content (AvgIpc) is 2.87. The molecule has 1 fully saturated rings. The minimum atomic E-state index is 0.822.